The lowest BCUT2D eigenvalue weighted by Crippen LogP contribution is -1.95. The number of rotatable bonds is 13. The van der Waals surface area contributed by atoms with E-state index < -0.39 is 0 Å². The van der Waals surface area contributed by atoms with Gasteiger partial charge in [0.1, 0.15) is 0 Å². The molecule has 0 aliphatic heterocycles. The quantitative estimate of drug-likeness (QED) is 0.363. The molecule has 0 aromatic carbocycles. The molecule has 0 atom stereocenters. The Kier molecular flexibility index (Phi) is 14.0. The Hall–Kier alpha value is 0.0200. The third kappa shape index (κ3) is 16.1. The second-order valence-corrected chi connectivity index (χ2v) is 7.96. The molecule has 0 saturated heterocycles. The highest BCUT2D eigenvalue weighted by Gasteiger charge is 2.03. The van der Waals surface area contributed by atoms with Crippen molar-refractivity contribution in [3.8, 4) is 0 Å². The second kappa shape index (κ2) is 14.0. The van der Waals surface area contributed by atoms with Crippen LogP contribution in [0.2, 0.25) is 0 Å². The van der Waals surface area contributed by atoms with Crippen LogP contribution in [-0.2, 0) is 4.79 Å². The summed E-state index contributed by atoms with van der Waals surface area (Å²) in [6.45, 7) is 9.11. The Bertz CT molecular complexity index is 201. The maximum absolute atomic E-state index is 11.7. The largest absolute Gasteiger partial charge is 0.287 e. The van der Waals surface area contributed by atoms with Crippen LogP contribution in [0.15, 0.2) is 0 Å². The van der Waals surface area contributed by atoms with E-state index in [2.05, 4.69) is 27.7 Å². The van der Waals surface area contributed by atoms with Crippen molar-refractivity contribution in [3.63, 3.8) is 0 Å². The molecule has 0 unspecified atom stereocenters. The van der Waals surface area contributed by atoms with E-state index >= 15 is 0 Å². The summed E-state index contributed by atoms with van der Waals surface area (Å²) < 4.78 is 0. The Morgan fingerprint density at radius 1 is 0.750 bits per heavy atom. The van der Waals surface area contributed by atoms with Gasteiger partial charge in [-0.3, -0.25) is 4.79 Å². The first kappa shape index (κ1) is 20.0. The Morgan fingerprint density at radius 3 is 1.80 bits per heavy atom. The molecule has 0 aromatic heterocycles. The van der Waals surface area contributed by atoms with Crippen molar-refractivity contribution in [3.05, 3.63) is 0 Å². The fourth-order valence-corrected chi connectivity index (χ4v) is 3.13. The molecule has 0 radical (unpaired) electrons. The van der Waals surface area contributed by atoms with Crippen LogP contribution in [0.3, 0.4) is 0 Å². The lowest BCUT2D eigenvalue weighted by atomic mass is 10.0. The number of carbonyl (C=O) groups excluding carboxylic acids is 1. The number of unbranched alkanes of at least 4 members (excludes halogenated alkanes) is 5. The van der Waals surface area contributed by atoms with Crippen molar-refractivity contribution in [2.45, 2.75) is 91.9 Å². The van der Waals surface area contributed by atoms with Gasteiger partial charge in [0, 0.05) is 12.2 Å². The number of hydrogen-bond acceptors (Lipinski definition) is 2. The first-order valence-electron chi connectivity index (χ1n) is 8.68. The van der Waals surface area contributed by atoms with Crippen LogP contribution in [0.5, 0.6) is 0 Å². The van der Waals surface area contributed by atoms with Crippen LogP contribution in [-0.4, -0.2) is 10.9 Å². The van der Waals surface area contributed by atoms with Crippen LogP contribution >= 0.6 is 11.8 Å². The topological polar surface area (TPSA) is 17.1 Å². The van der Waals surface area contributed by atoms with Crippen molar-refractivity contribution in [2.24, 2.45) is 11.8 Å². The minimum atomic E-state index is 0.415. The average Bonchev–Trinajstić information content (AvgIpc) is 2.37. The van der Waals surface area contributed by atoms with Crippen molar-refractivity contribution in [2.75, 3.05) is 5.75 Å². The number of thioether (sulfide) groups is 1. The van der Waals surface area contributed by atoms with Gasteiger partial charge < -0.3 is 0 Å². The Morgan fingerprint density at radius 2 is 1.25 bits per heavy atom. The van der Waals surface area contributed by atoms with E-state index in [1.165, 1.54) is 51.4 Å². The van der Waals surface area contributed by atoms with Gasteiger partial charge in [0.2, 0.25) is 0 Å². The van der Waals surface area contributed by atoms with Crippen LogP contribution < -0.4 is 0 Å². The second-order valence-electron chi connectivity index (χ2n) is 6.81. The highest BCUT2D eigenvalue weighted by atomic mass is 32.2. The minimum absolute atomic E-state index is 0.415. The Balaban J connectivity index is 3.21. The average molecular weight is 301 g/mol. The van der Waals surface area contributed by atoms with Crippen LogP contribution in [0.1, 0.15) is 91.9 Å². The van der Waals surface area contributed by atoms with Gasteiger partial charge in [-0.1, -0.05) is 84.4 Å². The molecule has 120 valence electrons. The van der Waals surface area contributed by atoms with Gasteiger partial charge in [-0.15, -0.1) is 0 Å². The molecule has 0 aromatic rings. The molecule has 0 fully saturated rings. The summed E-state index contributed by atoms with van der Waals surface area (Å²) in [7, 11) is 0. The van der Waals surface area contributed by atoms with Crippen LogP contribution in [0, 0.1) is 11.8 Å². The molecule has 0 heterocycles. The van der Waals surface area contributed by atoms with Crippen molar-refractivity contribution >= 4 is 16.9 Å². The van der Waals surface area contributed by atoms with Gasteiger partial charge in [-0.05, 0) is 24.7 Å². The van der Waals surface area contributed by atoms with Crippen molar-refractivity contribution < 1.29 is 4.79 Å². The third-order valence-corrected chi connectivity index (χ3v) is 4.62. The van der Waals surface area contributed by atoms with E-state index in [0.29, 0.717) is 5.12 Å². The van der Waals surface area contributed by atoms with E-state index in [0.717, 1.165) is 30.4 Å². The van der Waals surface area contributed by atoms with Gasteiger partial charge in [0.05, 0.1) is 0 Å². The number of carbonyl (C=O) groups is 1. The van der Waals surface area contributed by atoms with Gasteiger partial charge in [0.25, 0.3) is 0 Å². The molecule has 0 N–H and O–H groups in total. The van der Waals surface area contributed by atoms with Gasteiger partial charge >= 0.3 is 0 Å². The van der Waals surface area contributed by atoms with Crippen molar-refractivity contribution in [1.29, 1.82) is 0 Å². The van der Waals surface area contributed by atoms with E-state index in [4.69, 9.17) is 0 Å². The highest BCUT2D eigenvalue weighted by molar-refractivity contribution is 8.13. The predicted molar refractivity (Wildman–Crippen MR) is 93.3 cm³/mol. The first-order valence-corrected chi connectivity index (χ1v) is 9.66. The smallest absolute Gasteiger partial charge is 0.188 e. The Labute approximate surface area is 131 Å². The van der Waals surface area contributed by atoms with Crippen LogP contribution in [0.25, 0.3) is 0 Å². The summed E-state index contributed by atoms with van der Waals surface area (Å²) in [4.78, 5) is 11.7. The lowest BCUT2D eigenvalue weighted by molar-refractivity contribution is -0.111. The molecule has 0 bridgehead atoms. The van der Waals surface area contributed by atoms with E-state index in [9.17, 15) is 4.79 Å². The van der Waals surface area contributed by atoms with Crippen molar-refractivity contribution in [1.82, 2.24) is 0 Å². The summed E-state index contributed by atoms with van der Waals surface area (Å²) in [5.74, 6) is 2.67. The fraction of sp³-hybridized carbons (Fsp3) is 0.944. The maximum atomic E-state index is 11.7. The van der Waals surface area contributed by atoms with Gasteiger partial charge in [0.15, 0.2) is 5.12 Å². The van der Waals surface area contributed by atoms with E-state index in [1.807, 2.05) is 0 Å². The molecule has 0 aliphatic rings. The molecule has 20 heavy (non-hydrogen) atoms. The standard InChI is InChI=1S/C18H36OS/c1-16(2)12-8-5-6-10-14-18(19)20-15-11-7-9-13-17(3)4/h16-17H,5-15H2,1-4H3. The summed E-state index contributed by atoms with van der Waals surface area (Å²) in [6, 6.07) is 0. The zero-order chi connectivity index (χ0) is 15.2. The predicted octanol–water partition coefficient (Wildman–Crippen LogP) is 6.46. The molecule has 1 nitrogen and oxygen atoms in total. The maximum Gasteiger partial charge on any atom is 0.188 e. The summed E-state index contributed by atoms with van der Waals surface area (Å²) >= 11 is 1.57. The van der Waals surface area contributed by atoms with E-state index in [1.54, 1.807) is 11.8 Å². The molecule has 0 aliphatic carbocycles. The zero-order valence-corrected chi connectivity index (χ0v) is 15.1. The summed E-state index contributed by atoms with van der Waals surface area (Å²) in [6.07, 6.45) is 12.2. The molecular formula is C18H36OS. The normalized spacial score (nSPS) is 11.5. The monoisotopic (exact) mass is 300 g/mol. The highest BCUT2D eigenvalue weighted by Crippen LogP contribution is 2.16. The minimum Gasteiger partial charge on any atom is -0.287 e. The lowest BCUT2D eigenvalue weighted by Gasteiger charge is -2.05. The molecule has 0 saturated carbocycles. The van der Waals surface area contributed by atoms with E-state index in [-0.39, 0.29) is 0 Å². The molecule has 0 spiro atoms. The summed E-state index contributed by atoms with van der Waals surface area (Å²) in [5, 5.41) is 0.415. The van der Waals surface area contributed by atoms with Gasteiger partial charge in [-0.2, -0.15) is 0 Å². The first-order chi connectivity index (χ1) is 9.52. The fourth-order valence-electron chi connectivity index (χ4n) is 2.27. The zero-order valence-electron chi connectivity index (χ0n) is 14.2. The molecule has 0 amide bonds. The van der Waals surface area contributed by atoms with Crippen LogP contribution in [0.4, 0.5) is 0 Å². The SMILES string of the molecule is CC(C)CCCCCCC(=O)SCCCCCC(C)C. The molecule has 0 rings (SSSR count). The third-order valence-electron chi connectivity index (χ3n) is 3.60. The molecular weight excluding hydrogens is 264 g/mol. The summed E-state index contributed by atoms with van der Waals surface area (Å²) in [5.41, 5.74) is 0. The van der Waals surface area contributed by atoms with Gasteiger partial charge in [-0.25, -0.2) is 0 Å². The number of hydrogen-bond donors (Lipinski definition) is 0. The molecule has 2 heteroatoms.